The number of imide groups is 1. The van der Waals surface area contributed by atoms with Crippen molar-refractivity contribution in [2.75, 3.05) is 13.2 Å². The maximum Gasteiger partial charge on any atom is 0.338 e. The van der Waals surface area contributed by atoms with Crippen molar-refractivity contribution in [2.45, 2.75) is 39.2 Å². The van der Waals surface area contributed by atoms with E-state index in [0.717, 1.165) is 18.4 Å². The van der Waals surface area contributed by atoms with E-state index in [2.05, 4.69) is 5.32 Å². The van der Waals surface area contributed by atoms with E-state index in [0.29, 0.717) is 6.42 Å². The van der Waals surface area contributed by atoms with Gasteiger partial charge in [0.05, 0.1) is 16.7 Å². The summed E-state index contributed by atoms with van der Waals surface area (Å²) in [6, 6.07) is 13.8. The molecule has 0 spiro atoms. The second kappa shape index (κ2) is 10.0. The van der Waals surface area contributed by atoms with Crippen LogP contribution in [0.2, 0.25) is 0 Å². The highest BCUT2D eigenvalue weighted by molar-refractivity contribution is 6.22. The Hall–Kier alpha value is -3.48. The number of carbonyl (C=O) groups excluding carboxylic acids is 4. The van der Waals surface area contributed by atoms with Crippen LogP contribution in [-0.4, -0.2) is 47.8 Å². The topological polar surface area (TPSA) is 92.8 Å². The Bertz CT molecular complexity index is 987. The van der Waals surface area contributed by atoms with Crippen LogP contribution in [0.25, 0.3) is 0 Å². The predicted molar refractivity (Wildman–Crippen MR) is 115 cm³/mol. The van der Waals surface area contributed by atoms with Gasteiger partial charge in [0, 0.05) is 12.6 Å². The molecule has 1 atom stereocenters. The third kappa shape index (κ3) is 5.36. The number of hydrogen-bond donors (Lipinski definition) is 1. The molecule has 0 radical (unpaired) electrons. The molecule has 0 bridgehead atoms. The zero-order chi connectivity index (χ0) is 22.4. The summed E-state index contributed by atoms with van der Waals surface area (Å²) in [5.41, 5.74) is 1.59. The Morgan fingerprint density at radius 1 is 1.03 bits per heavy atom. The lowest BCUT2D eigenvalue weighted by molar-refractivity contribution is -0.124. The van der Waals surface area contributed by atoms with Gasteiger partial charge in [0.25, 0.3) is 17.7 Å². The zero-order valence-corrected chi connectivity index (χ0v) is 17.7. The van der Waals surface area contributed by atoms with Crippen molar-refractivity contribution in [1.82, 2.24) is 10.2 Å². The highest BCUT2D eigenvalue weighted by atomic mass is 16.5. The summed E-state index contributed by atoms with van der Waals surface area (Å²) in [7, 11) is 0. The fourth-order valence-electron chi connectivity index (χ4n) is 3.54. The van der Waals surface area contributed by atoms with Crippen LogP contribution < -0.4 is 5.32 Å². The summed E-state index contributed by atoms with van der Waals surface area (Å²) in [4.78, 5) is 50.8. The highest BCUT2D eigenvalue weighted by Crippen LogP contribution is 2.24. The van der Waals surface area contributed by atoms with Gasteiger partial charge in [-0.1, -0.05) is 43.7 Å². The summed E-state index contributed by atoms with van der Waals surface area (Å²) in [5.74, 6) is -1.91. The van der Waals surface area contributed by atoms with Crippen LogP contribution in [0.15, 0.2) is 48.5 Å². The average molecular weight is 422 g/mol. The maximum atomic E-state index is 12.7. The number of ether oxygens (including phenoxy) is 1. The standard InChI is InChI=1S/C24H26N2O5/c1-3-7-16(2)25-21(27)15-31-24(30)18-10-11-19-20(14-18)23(29)26(22(19)28)13-12-17-8-5-4-6-9-17/h4-6,8-11,14,16H,3,7,12-13,15H2,1-2H3,(H,25,27)/t16-/m0/s1. The van der Waals surface area contributed by atoms with Crippen LogP contribution in [0.3, 0.4) is 0 Å². The molecule has 7 heteroatoms. The number of nitrogens with one attached hydrogen (secondary N) is 1. The van der Waals surface area contributed by atoms with E-state index in [1.807, 2.05) is 44.2 Å². The molecule has 3 amide bonds. The fourth-order valence-corrected chi connectivity index (χ4v) is 3.54. The summed E-state index contributed by atoms with van der Waals surface area (Å²) in [6.07, 6.45) is 2.32. The molecular formula is C24H26N2O5. The maximum absolute atomic E-state index is 12.7. The molecule has 31 heavy (non-hydrogen) atoms. The van der Waals surface area contributed by atoms with E-state index >= 15 is 0 Å². The first-order chi connectivity index (χ1) is 14.9. The van der Waals surface area contributed by atoms with E-state index in [-0.39, 0.29) is 41.1 Å². The number of benzene rings is 2. The van der Waals surface area contributed by atoms with Crippen molar-refractivity contribution in [3.05, 3.63) is 70.8 Å². The van der Waals surface area contributed by atoms with E-state index in [1.54, 1.807) is 0 Å². The molecule has 0 saturated heterocycles. The van der Waals surface area contributed by atoms with Crippen LogP contribution in [-0.2, 0) is 16.0 Å². The Morgan fingerprint density at radius 2 is 1.74 bits per heavy atom. The van der Waals surface area contributed by atoms with E-state index < -0.39 is 18.5 Å². The minimum atomic E-state index is -0.718. The molecule has 0 unspecified atom stereocenters. The second-order valence-corrected chi connectivity index (χ2v) is 7.59. The number of rotatable bonds is 9. The van der Waals surface area contributed by atoms with Gasteiger partial charge in [-0.3, -0.25) is 19.3 Å². The normalized spacial score (nSPS) is 13.7. The predicted octanol–water partition coefficient (Wildman–Crippen LogP) is 2.99. The largest absolute Gasteiger partial charge is 0.452 e. The Balaban J connectivity index is 1.61. The average Bonchev–Trinajstić information content (AvgIpc) is 3.00. The van der Waals surface area contributed by atoms with Gasteiger partial charge in [0.2, 0.25) is 0 Å². The summed E-state index contributed by atoms with van der Waals surface area (Å²) >= 11 is 0. The SMILES string of the molecule is CCC[C@H](C)NC(=O)COC(=O)c1ccc2c(c1)C(=O)N(CCc1ccccc1)C2=O. The van der Waals surface area contributed by atoms with Gasteiger partial charge >= 0.3 is 5.97 Å². The van der Waals surface area contributed by atoms with Gasteiger partial charge in [0.1, 0.15) is 0 Å². The Morgan fingerprint density at radius 3 is 2.45 bits per heavy atom. The molecule has 0 fully saturated rings. The lowest BCUT2D eigenvalue weighted by Gasteiger charge is -2.13. The minimum Gasteiger partial charge on any atom is -0.452 e. The first-order valence-electron chi connectivity index (χ1n) is 10.4. The number of fused-ring (bicyclic) bond motifs is 1. The number of nitrogens with zero attached hydrogens (tertiary/aromatic N) is 1. The third-order valence-corrected chi connectivity index (χ3v) is 5.14. The molecule has 162 valence electrons. The van der Waals surface area contributed by atoms with Gasteiger partial charge in [-0.15, -0.1) is 0 Å². The third-order valence-electron chi connectivity index (χ3n) is 5.14. The zero-order valence-electron chi connectivity index (χ0n) is 17.7. The lowest BCUT2D eigenvalue weighted by atomic mass is 10.1. The number of esters is 1. The molecule has 0 aromatic heterocycles. The summed E-state index contributed by atoms with van der Waals surface area (Å²) < 4.78 is 5.06. The molecule has 1 aliphatic rings. The second-order valence-electron chi connectivity index (χ2n) is 7.59. The number of amides is 3. The van der Waals surface area contributed by atoms with E-state index in [1.165, 1.54) is 23.1 Å². The first kappa shape index (κ1) is 22.2. The van der Waals surface area contributed by atoms with Gasteiger partial charge in [-0.2, -0.15) is 0 Å². The minimum absolute atomic E-state index is 0.00157. The molecule has 7 nitrogen and oxygen atoms in total. The molecule has 1 heterocycles. The van der Waals surface area contributed by atoms with Crippen LogP contribution in [0.5, 0.6) is 0 Å². The molecular weight excluding hydrogens is 396 g/mol. The molecule has 3 rings (SSSR count). The summed E-state index contributed by atoms with van der Waals surface area (Å²) in [5, 5.41) is 2.75. The summed E-state index contributed by atoms with van der Waals surface area (Å²) in [6.45, 7) is 3.76. The van der Waals surface area contributed by atoms with E-state index in [9.17, 15) is 19.2 Å². The molecule has 1 N–H and O–H groups in total. The highest BCUT2D eigenvalue weighted by Gasteiger charge is 2.35. The van der Waals surface area contributed by atoms with Crippen molar-refractivity contribution in [2.24, 2.45) is 0 Å². The smallest absolute Gasteiger partial charge is 0.338 e. The quantitative estimate of drug-likeness (QED) is 0.495. The molecule has 1 aliphatic heterocycles. The monoisotopic (exact) mass is 422 g/mol. The van der Waals surface area contributed by atoms with Gasteiger partial charge in [0.15, 0.2) is 6.61 Å². The molecule has 0 saturated carbocycles. The molecule has 0 aliphatic carbocycles. The van der Waals surface area contributed by atoms with Crippen molar-refractivity contribution < 1.29 is 23.9 Å². The lowest BCUT2D eigenvalue weighted by Crippen LogP contribution is -2.35. The van der Waals surface area contributed by atoms with E-state index in [4.69, 9.17) is 4.74 Å². The van der Waals surface area contributed by atoms with Gasteiger partial charge in [-0.25, -0.2) is 4.79 Å². The van der Waals surface area contributed by atoms with Crippen molar-refractivity contribution in [3.8, 4) is 0 Å². The van der Waals surface area contributed by atoms with Gasteiger partial charge in [-0.05, 0) is 43.5 Å². The van der Waals surface area contributed by atoms with Crippen LogP contribution in [0.4, 0.5) is 0 Å². The number of hydrogen-bond acceptors (Lipinski definition) is 5. The first-order valence-corrected chi connectivity index (χ1v) is 10.4. The van der Waals surface area contributed by atoms with Gasteiger partial charge < -0.3 is 10.1 Å². The van der Waals surface area contributed by atoms with Crippen LogP contribution in [0, 0.1) is 0 Å². The number of carbonyl (C=O) groups is 4. The Kier molecular flexibility index (Phi) is 7.18. The Labute approximate surface area is 181 Å². The van der Waals surface area contributed by atoms with Crippen molar-refractivity contribution in [3.63, 3.8) is 0 Å². The van der Waals surface area contributed by atoms with Crippen molar-refractivity contribution in [1.29, 1.82) is 0 Å². The fraction of sp³-hybridized carbons (Fsp3) is 0.333. The molecule has 2 aromatic rings. The van der Waals surface area contributed by atoms with Crippen LogP contribution >= 0.6 is 0 Å². The van der Waals surface area contributed by atoms with Crippen molar-refractivity contribution >= 4 is 23.7 Å². The van der Waals surface area contributed by atoms with Crippen LogP contribution in [0.1, 0.15) is 63.3 Å². The molecule has 2 aromatic carbocycles.